The van der Waals surface area contributed by atoms with E-state index >= 15 is 0 Å². The van der Waals surface area contributed by atoms with Gasteiger partial charge in [-0.1, -0.05) is 36.2 Å². The van der Waals surface area contributed by atoms with Crippen molar-refractivity contribution in [3.05, 3.63) is 34.4 Å². The van der Waals surface area contributed by atoms with Crippen LogP contribution in [-0.2, 0) is 0 Å². The predicted molar refractivity (Wildman–Crippen MR) is 77.1 cm³/mol. The van der Waals surface area contributed by atoms with Gasteiger partial charge in [-0.05, 0) is 25.5 Å². The number of aromatic nitrogens is 2. The lowest BCUT2D eigenvalue weighted by molar-refractivity contribution is 0.479. The van der Waals surface area contributed by atoms with E-state index in [4.69, 9.17) is 28.9 Å². The number of nitrogen functional groups attached to an aromatic ring is 1. The third kappa shape index (κ3) is 2.47. The van der Waals surface area contributed by atoms with E-state index in [2.05, 4.69) is 18.9 Å². The summed E-state index contributed by atoms with van der Waals surface area (Å²) in [6.45, 7) is 4.21. The zero-order chi connectivity index (χ0) is 13.3. The molecule has 0 aliphatic heterocycles. The fourth-order valence-electron chi connectivity index (χ4n) is 1.69. The van der Waals surface area contributed by atoms with Crippen molar-refractivity contribution >= 4 is 28.9 Å². The van der Waals surface area contributed by atoms with Crippen LogP contribution in [0, 0.1) is 0 Å². The summed E-state index contributed by atoms with van der Waals surface area (Å²) < 4.78 is 1.88. The first-order valence-corrected chi connectivity index (χ1v) is 6.58. The van der Waals surface area contributed by atoms with E-state index in [9.17, 15) is 0 Å². The first-order chi connectivity index (χ1) is 8.52. The van der Waals surface area contributed by atoms with Crippen molar-refractivity contribution in [3.8, 4) is 11.3 Å². The first kappa shape index (κ1) is 13.2. The van der Waals surface area contributed by atoms with Gasteiger partial charge in [0.15, 0.2) is 0 Å². The molecule has 1 heterocycles. The minimum atomic E-state index is 0.323. The second-order valence-electron chi connectivity index (χ2n) is 4.30. The molecule has 0 radical (unpaired) electrons. The molecule has 0 spiro atoms. The molecule has 1 aromatic carbocycles. The van der Waals surface area contributed by atoms with Gasteiger partial charge in [0.2, 0.25) is 0 Å². The largest absolute Gasteiger partial charge is 0.396 e. The van der Waals surface area contributed by atoms with Gasteiger partial charge >= 0.3 is 0 Å². The van der Waals surface area contributed by atoms with E-state index < -0.39 is 0 Å². The van der Waals surface area contributed by atoms with Crippen LogP contribution in [0.3, 0.4) is 0 Å². The molecule has 96 valence electrons. The minimum Gasteiger partial charge on any atom is -0.396 e. The lowest BCUT2D eigenvalue weighted by Crippen LogP contribution is -2.04. The summed E-state index contributed by atoms with van der Waals surface area (Å²) in [7, 11) is 0. The Hall–Kier alpha value is -1.19. The normalized spacial score (nSPS) is 12.7. The Labute approximate surface area is 117 Å². The molecule has 0 aliphatic carbocycles. The van der Waals surface area contributed by atoms with Crippen molar-refractivity contribution in [2.45, 2.75) is 26.3 Å². The van der Waals surface area contributed by atoms with Gasteiger partial charge in [0.05, 0.1) is 15.7 Å². The molecule has 1 unspecified atom stereocenters. The van der Waals surface area contributed by atoms with Crippen molar-refractivity contribution in [2.24, 2.45) is 0 Å². The molecule has 0 aliphatic rings. The first-order valence-electron chi connectivity index (χ1n) is 5.83. The van der Waals surface area contributed by atoms with Crippen molar-refractivity contribution in [3.63, 3.8) is 0 Å². The summed E-state index contributed by atoms with van der Waals surface area (Å²) in [6, 6.07) is 5.72. The summed E-state index contributed by atoms with van der Waals surface area (Å²) in [5, 5.41) is 5.55. The highest BCUT2D eigenvalue weighted by Crippen LogP contribution is 2.31. The Morgan fingerprint density at radius 3 is 2.67 bits per heavy atom. The number of benzene rings is 1. The van der Waals surface area contributed by atoms with Crippen molar-refractivity contribution in [1.29, 1.82) is 0 Å². The van der Waals surface area contributed by atoms with Crippen LogP contribution in [0.2, 0.25) is 10.0 Å². The molecule has 0 fully saturated rings. The van der Waals surface area contributed by atoms with E-state index in [-0.39, 0.29) is 0 Å². The van der Waals surface area contributed by atoms with Crippen molar-refractivity contribution in [2.75, 3.05) is 5.73 Å². The third-order valence-corrected chi connectivity index (χ3v) is 3.73. The Balaban J connectivity index is 2.44. The number of hydrogen-bond donors (Lipinski definition) is 1. The van der Waals surface area contributed by atoms with Gasteiger partial charge in [0.25, 0.3) is 0 Å². The van der Waals surface area contributed by atoms with Crippen LogP contribution in [-0.4, -0.2) is 9.78 Å². The van der Waals surface area contributed by atoms with E-state index in [1.54, 1.807) is 12.1 Å². The predicted octanol–water partition coefficient (Wildman–Crippen LogP) is 4.41. The maximum atomic E-state index is 6.01. The van der Waals surface area contributed by atoms with Crippen molar-refractivity contribution < 1.29 is 0 Å². The molecule has 2 rings (SSSR count). The topological polar surface area (TPSA) is 43.8 Å². The molecular weight excluding hydrogens is 269 g/mol. The highest BCUT2D eigenvalue weighted by atomic mass is 35.5. The lowest BCUT2D eigenvalue weighted by atomic mass is 10.1. The molecule has 1 aromatic heterocycles. The molecule has 0 amide bonds. The number of anilines is 1. The summed E-state index contributed by atoms with van der Waals surface area (Å²) in [4.78, 5) is 0. The van der Waals surface area contributed by atoms with Gasteiger partial charge in [0.1, 0.15) is 5.69 Å². The lowest BCUT2D eigenvalue weighted by Gasteiger charge is -2.07. The SMILES string of the molecule is CCC(C)n1cc(N)c(-c2ccc(Cl)c(Cl)c2)n1. The standard InChI is InChI=1S/C13H15Cl2N3/c1-3-8(2)18-7-12(16)13(17-18)9-4-5-10(14)11(15)6-9/h4-8H,3,16H2,1-2H3. The van der Waals surface area contributed by atoms with Crippen LogP contribution in [0.25, 0.3) is 11.3 Å². The maximum Gasteiger partial charge on any atom is 0.115 e. The maximum absolute atomic E-state index is 6.01. The zero-order valence-electron chi connectivity index (χ0n) is 10.3. The molecule has 2 N–H and O–H groups in total. The molecule has 2 aromatic rings. The molecule has 18 heavy (non-hydrogen) atoms. The Bertz CT molecular complexity index is 563. The average Bonchev–Trinajstić information content (AvgIpc) is 2.74. The van der Waals surface area contributed by atoms with Gasteiger partial charge in [0, 0.05) is 17.8 Å². The van der Waals surface area contributed by atoms with E-state index in [1.165, 1.54) is 0 Å². The van der Waals surface area contributed by atoms with Crippen molar-refractivity contribution in [1.82, 2.24) is 9.78 Å². The smallest absolute Gasteiger partial charge is 0.115 e. The van der Waals surface area contributed by atoms with Gasteiger partial charge in [-0.3, -0.25) is 4.68 Å². The van der Waals surface area contributed by atoms with Gasteiger partial charge in [-0.15, -0.1) is 0 Å². The summed E-state index contributed by atoms with van der Waals surface area (Å²) in [5.74, 6) is 0. The number of halogens is 2. The van der Waals surface area contributed by atoms with Gasteiger partial charge in [-0.25, -0.2) is 0 Å². The summed E-state index contributed by atoms with van der Waals surface area (Å²) in [5.41, 5.74) is 8.26. The summed E-state index contributed by atoms with van der Waals surface area (Å²) in [6.07, 6.45) is 2.86. The molecule has 1 atom stereocenters. The van der Waals surface area contributed by atoms with E-state index in [0.717, 1.165) is 17.7 Å². The number of hydrogen-bond acceptors (Lipinski definition) is 2. The molecule has 0 bridgehead atoms. The molecule has 5 heteroatoms. The highest BCUT2D eigenvalue weighted by Gasteiger charge is 2.12. The van der Waals surface area contributed by atoms with Crippen LogP contribution >= 0.6 is 23.2 Å². The number of rotatable bonds is 3. The molecular formula is C13H15Cl2N3. The van der Waals surface area contributed by atoms with Crippen LogP contribution in [0.15, 0.2) is 24.4 Å². The molecule has 3 nitrogen and oxygen atoms in total. The second-order valence-corrected chi connectivity index (χ2v) is 5.11. The third-order valence-electron chi connectivity index (χ3n) is 3.00. The second kappa shape index (κ2) is 5.21. The van der Waals surface area contributed by atoms with Gasteiger partial charge in [-0.2, -0.15) is 5.10 Å². The minimum absolute atomic E-state index is 0.323. The Morgan fingerprint density at radius 1 is 1.33 bits per heavy atom. The quantitative estimate of drug-likeness (QED) is 0.907. The van der Waals surface area contributed by atoms with Crippen LogP contribution in [0.5, 0.6) is 0 Å². The Morgan fingerprint density at radius 2 is 2.06 bits per heavy atom. The number of nitrogens with two attached hydrogens (primary N) is 1. The average molecular weight is 284 g/mol. The highest BCUT2D eigenvalue weighted by molar-refractivity contribution is 6.42. The molecule has 0 saturated heterocycles. The van der Waals surface area contributed by atoms with Gasteiger partial charge < -0.3 is 5.73 Å². The van der Waals surface area contributed by atoms with Crippen LogP contribution in [0.4, 0.5) is 5.69 Å². The molecule has 0 saturated carbocycles. The summed E-state index contributed by atoms with van der Waals surface area (Å²) >= 11 is 11.9. The fraction of sp³-hybridized carbons (Fsp3) is 0.308. The van der Waals surface area contributed by atoms with E-state index in [0.29, 0.717) is 21.8 Å². The van der Waals surface area contributed by atoms with Crippen LogP contribution < -0.4 is 5.73 Å². The number of nitrogens with zero attached hydrogens (tertiary/aromatic N) is 2. The monoisotopic (exact) mass is 283 g/mol. The van der Waals surface area contributed by atoms with E-state index in [1.807, 2.05) is 16.9 Å². The Kier molecular flexibility index (Phi) is 3.83. The zero-order valence-corrected chi connectivity index (χ0v) is 11.8. The fourth-order valence-corrected chi connectivity index (χ4v) is 1.98. The van der Waals surface area contributed by atoms with Crippen LogP contribution in [0.1, 0.15) is 26.3 Å².